The topological polar surface area (TPSA) is 96.6 Å². The Labute approximate surface area is 176 Å². The number of nitrogens with one attached hydrogen (secondary N) is 2. The van der Waals surface area contributed by atoms with Gasteiger partial charge < -0.3 is 10.6 Å². The minimum absolute atomic E-state index is 0. The number of primary sulfonamides is 1. The summed E-state index contributed by atoms with van der Waals surface area (Å²) in [7, 11) is -3.70. The van der Waals surface area contributed by atoms with Crippen molar-refractivity contribution >= 4 is 51.3 Å². The van der Waals surface area contributed by atoms with Crippen molar-refractivity contribution in [3.8, 4) is 0 Å². The average molecular weight is 508 g/mol. The minimum Gasteiger partial charge on any atom is -0.357 e. The molecule has 0 fully saturated rings. The molecule has 0 atom stereocenters. The second kappa shape index (κ2) is 10.9. The average Bonchev–Trinajstić information content (AvgIpc) is 3.05. The summed E-state index contributed by atoms with van der Waals surface area (Å²) in [5.41, 5.74) is 0.785. The van der Waals surface area contributed by atoms with Gasteiger partial charge in [0.05, 0.1) is 18.0 Å². The van der Waals surface area contributed by atoms with Crippen molar-refractivity contribution in [3.63, 3.8) is 0 Å². The molecule has 0 spiro atoms. The van der Waals surface area contributed by atoms with E-state index in [0.717, 1.165) is 18.5 Å². The summed E-state index contributed by atoms with van der Waals surface area (Å²) in [6, 6.07) is 10.8. The van der Waals surface area contributed by atoms with Gasteiger partial charge in [0, 0.05) is 16.3 Å². The predicted octanol–water partition coefficient (Wildman–Crippen LogP) is 2.83. The van der Waals surface area contributed by atoms with Crippen molar-refractivity contribution in [2.24, 2.45) is 10.1 Å². The van der Waals surface area contributed by atoms with E-state index in [1.807, 2.05) is 13.0 Å². The van der Waals surface area contributed by atoms with Crippen molar-refractivity contribution in [2.45, 2.75) is 38.3 Å². The predicted molar refractivity (Wildman–Crippen MR) is 119 cm³/mol. The molecule has 0 unspecified atom stereocenters. The van der Waals surface area contributed by atoms with Crippen molar-refractivity contribution in [1.82, 2.24) is 10.6 Å². The van der Waals surface area contributed by atoms with E-state index < -0.39 is 10.0 Å². The van der Waals surface area contributed by atoms with Gasteiger partial charge in [-0.25, -0.2) is 18.5 Å². The number of aliphatic imine (C=N–C) groups is 1. The fraction of sp³-hybridized carbons (Fsp3) is 0.353. The van der Waals surface area contributed by atoms with Crippen molar-refractivity contribution in [3.05, 3.63) is 51.7 Å². The lowest BCUT2D eigenvalue weighted by Crippen LogP contribution is -2.36. The highest BCUT2D eigenvalue weighted by molar-refractivity contribution is 14.0. The van der Waals surface area contributed by atoms with Crippen LogP contribution in [0.3, 0.4) is 0 Å². The third kappa shape index (κ3) is 7.22. The van der Waals surface area contributed by atoms with Crippen LogP contribution in [0, 0.1) is 0 Å². The lowest BCUT2D eigenvalue weighted by Gasteiger charge is -2.10. The normalized spacial score (nSPS) is 11.7. The van der Waals surface area contributed by atoms with Crippen molar-refractivity contribution in [1.29, 1.82) is 0 Å². The molecule has 0 amide bonds. The highest BCUT2D eigenvalue weighted by Gasteiger charge is 2.08. The third-order valence-corrected chi connectivity index (χ3v) is 5.63. The molecule has 0 aliphatic heterocycles. The van der Waals surface area contributed by atoms with E-state index in [0.29, 0.717) is 19.0 Å². The number of guanidine groups is 1. The largest absolute Gasteiger partial charge is 0.357 e. The Morgan fingerprint density at radius 2 is 1.88 bits per heavy atom. The zero-order chi connectivity index (χ0) is 18.3. The Balaban J connectivity index is 0.00000338. The number of aryl methyl sites for hydroxylation is 1. The molecule has 0 bridgehead atoms. The SMILES string of the molecule is CCNC(=NCc1cccc(S(N)(=O)=O)c1)NCc1ccc(CC)s1.I. The van der Waals surface area contributed by atoms with Crippen LogP contribution < -0.4 is 15.8 Å². The lowest BCUT2D eigenvalue weighted by atomic mass is 10.2. The van der Waals surface area contributed by atoms with Gasteiger partial charge in [-0.1, -0.05) is 19.1 Å². The quantitative estimate of drug-likeness (QED) is 0.305. The monoisotopic (exact) mass is 508 g/mol. The van der Waals surface area contributed by atoms with Gasteiger partial charge in [-0.15, -0.1) is 35.3 Å². The van der Waals surface area contributed by atoms with Gasteiger partial charge in [0.1, 0.15) is 0 Å². The van der Waals surface area contributed by atoms with Crippen LogP contribution in [0.15, 0.2) is 46.3 Å². The second-order valence-electron chi connectivity index (χ2n) is 5.46. The molecule has 1 heterocycles. The van der Waals surface area contributed by atoms with Crippen LogP contribution in [-0.4, -0.2) is 20.9 Å². The number of benzene rings is 1. The molecule has 9 heteroatoms. The number of halogens is 1. The summed E-state index contributed by atoms with van der Waals surface area (Å²) in [5, 5.41) is 11.7. The highest BCUT2D eigenvalue weighted by Crippen LogP contribution is 2.16. The Kier molecular flexibility index (Phi) is 9.55. The van der Waals surface area contributed by atoms with E-state index in [4.69, 9.17) is 5.14 Å². The highest BCUT2D eigenvalue weighted by atomic mass is 127. The standard InChI is InChI=1S/C17H24N4O2S2.HI/c1-3-14-8-9-15(24-14)12-21-17(19-4-2)20-11-13-6-5-7-16(10-13)25(18,22)23;/h5-10H,3-4,11-12H2,1-2H3,(H2,18,22,23)(H2,19,20,21);1H. The van der Waals surface area contributed by atoms with Crippen LogP contribution >= 0.6 is 35.3 Å². The molecule has 144 valence electrons. The summed E-state index contributed by atoms with van der Waals surface area (Å²) < 4.78 is 22.9. The molecule has 0 aliphatic rings. The summed E-state index contributed by atoms with van der Waals surface area (Å²) in [5.74, 6) is 0.690. The molecule has 4 N–H and O–H groups in total. The molecule has 1 aromatic heterocycles. The third-order valence-electron chi connectivity index (χ3n) is 3.49. The number of thiophene rings is 1. The maximum absolute atomic E-state index is 11.4. The smallest absolute Gasteiger partial charge is 0.238 e. The van der Waals surface area contributed by atoms with E-state index >= 15 is 0 Å². The first kappa shape index (κ1) is 22.9. The molecular formula is C17H25IN4O2S2. The Morgan fingerprint density at radius 1 is 1.15 bits per heavy atom. The number of nitrogens with two attached hydrogens (primary N) is 1. The molecule has 0 saturated heterocycles. The summed E-state index contributed by atoms with van der Waals surface area (Å²) >= 11 is 1.79. The first-order valence-electron chi connectivity index (χ1n) is 8.14. The van der Waals surface area contributed by atoms with Gasteiger partial charge in [0.25, 0.3) is 0 Å². The van der Waals surface area contributed by atoms with E-state index in [1.54, 1.807) is 23.5 Å². The van der Waals surface area contributed by atoms with Crippen molar-refractivity contribution < 1.29 is 8.42 Å². The van der Waals surface area contributed by atoms with E-state index in [9.17, 15) is 8.42 Å². The van der Waals surface area contributed by atoms with Crippen molar-refractivity contribution in [2.75, 3.05) is 6.54 Å². The molecule has 2 aromatic rings. The van der Waals surface area contributed by atoms with Gasteiger partial charge in [0.15, 0.2) is 5.96 Å². The number of sulfonamides is 1. The van der Waals surface area contributed by atoms with Gasteiger partial charge >= 0.3 is 0 Å². The molecule has 2 rings (SSSR count). The maximum Gasteiger partial charge on any atom is 0.238 e. The molecule has 6 nitrogen and oxygen atoms in total. The Morgan fingerprint density at radius 3 is 2.50 bits per heavy atom. The molecule has 0 aliphatic carbocycles. The fourth-order valence-electron chi connectivity index (χ4n) is 2.21. The molecule has 1 aromatic carbocycles. The Bertz CT molecular complexity index is 835. The van der Waals surface area contributed by atoms with Crippen LogP contribution in [0.5, 0.6) is 0 Å². The summed E-state index contributed by atoms with van der Waals surface area (Å²) in [6.45, 7) is 5.95. The van der Waals surface area contributed by atoms with Gasteiger partial charge in [-0.05, 0) is 43.2 Å². The number of hydrogen-bond acceptors (Lipinski definition) is 4. The zero-order valence-electron chi connectivity index (χ0n) is 14.9. The van der Waals surface area contributed by atoms with Crippen LogP contribution in [-0.2, 0) is 29.5 Å². The van der Waals surface area contributed by atoms with Crippen LogP contribution in [0.25, 0.3) is 0 Å². The first-order chi connectivity index (χ1) is 11.9. The van der Waals surface area contributed by atoms with E-state index in [2.05, 4.69) is 34.7 Å². The summed E-state index contributed by atoms with van der Waals surface area (Å²) in [4.78, 5) is 7.22. The summed E-state index contributed by atoms with van der Waals surface area (Å²) in [6.07, 6.45) is 1.04. The number of rotatable bonds is 7. The second-order valence-corrected chi connectivity index (χ2v) is 8.28. The lowest BCUT2D eigenvalue weighted by molar-refractivity contribution is 0.597. The maximum atomic E-state index is 11.4. The zero-order valence-corrected chi connectivity index (χ0v) is 18.8. The van der Waals surface area contributed by atoms with Gasteiger partial charge in [-0.3, -0.25) is 0 Å². The van der Waals surface area contributed by atoms with Gasteiger partial charge in [0.2, 0.25) is 10.0 Å². The number of hydrogen-bond donors (Lipinski definition) is 3. The van der Waals surface area contributed by atoms with Crippen LogP contribution in [0.1, 0.15) is 29.2 Å². The molecule has 26 heavy (non-hydrogen) atoms. The Hall–Kier alpha value is -1.17. The molecule has 0 saturated carbocycles. The molecule has 0 radical (unpaired) electrons. The van der Waals surface area contributed by atoms with Crippen LogP contribution in [0.2, 0.25) is 0 Å². The van der Waals surface area contributed by atoms with E-state index in [1.165, 1.54) is 15.8 Å². The molecular weight excluding hydrogens is 483 g/mol. The van der Waals surface area contributed by atoms with Crippen LogP contribution in [0.4, 0.5) is 0 Å². The minimum atomic E-state index is -3.70. The number of nitrogens with zero attached hydrogens (tertiary/aromatic N) is 1. The van der Waals surface area contributed by atoms with Gasteiger partial charge in [-0.2, -0.15) is 0 Å². The fourth-order valence-corrected chi connectivity index (χ4v) is 3.69. The first-order valence-corrected chi connectivity index (χ1v) is 10.5. The van der Waals surface area contributed by atoms with E-state index in [-0.39, 0.29) is 28.9 Å².